The SMILES string of the molecule is Cc1ccc(NC(=S)N(C)Cc2ccc(N3CCCCC3)cc2)cc1. The van der Waals surface area contributed by atoms with E-state index in [4.69, 9.17) is 12.2 Å². The number of aryl methyl sites for hydroxylation is 1. The molecule has 25 heavy (non-hydrogen) atoms. The van der Waals surface area contributed by atoms with Crippen molar-refractivity contribution in [2.45, 2.75) is 32.7 Å². The molecule has 2 aromatic rings. The van der Waals surface area contributed by atoms with Crippen LogP contribution in [0.25, 0.3) is 0 Å². The van der Waals surface area contributed by atoms with Crippen LogP contribution in [-0.4, -0.2) is 30.1 Å². The Hall–Kier alpha value is -2.07. The Bertz CT molecular complexity index is 688. The average Bonchev–Trinajstić information content (AvgIpc) is 2.65. The van der Waals surface area contributed by atoms with Crippen LogP contribution < -0.4 is 10.2 Å². The number of benzene rings is 2. The van der Waals surface area contributed by atoms with E-state index in [-0.39, 0.29) is 0 Å². The van der Waals surface area contributed by atoms with Gasteiger partial charge in [-0.3, -0.25) is 0 Å². The summed E-state index contributed by atoms with van der Waals surface area (Å²) in [6.45, 7) is 5.26. The number of hydrogen-bond donors (Lipinski definition) is 1. The second kappa shape index (κ2) is 8.34. The van der Waals surface area contributed by atoms with Gasteiger partial charge in [-0.25, -0.2) is 0 Å². The summed E-state index contributed by atoms with van der Waals surface area (Å²) in [7, 11) is 2.03. The summed E-state index contributed by atoms with van der Waals surface area (Å²) in [5, 5.41) is 4.04. The number of nitrogens with one attached hydrogen (secondary N) is 1. The Morgan fingerprint density at radius 2 is 1.64 bits per heavy atom. The fourth-order valence-electron chi connectivity index (χ4n) is 3.17. The van der Waals surface area contributed by atoms with Gasteiger partial charge in [-0.15, -0.1) is 0 Å². The second-order valence-electron chi connectivity index (χ2n) is 6.87. The first-order valence-corrected chi connectivity index (χ1v) is 9.45. The van der Waals surface area contributed by atoms with Gasteiger partial charge in [-0.1, -0.05) is 29.8 Å². The summed E-state index contributed by atoms with van der Waals surface area (Å²) in [6, 6.07) is 17.2. The number of rotatable bonds is 4. The van der Waals surface area contributed by atoms with Crippen LogP contribution in [0.3, 0.4) is 0 Å². The Balaban J connectivity index is 1.55. The molecule has 3 nitrogen and oxygen atoms in total. The molecule has 0 radical (unpaired) electrons. The predicted octanol–water partition coefficient (Wildman–Crippen LogP) is 4.81. The summed E-state index contributed by atoms with van der Waals surface area (Å²) < 4.78 is 0. The summed E-state index contributed by atoms with van der Waals surface area (Å²) >= 11 is 5.53. The lowest BCUT2D eigenvalue weighted by molar-refractivity contribution is 0.508. The van der Waals surface area contributed by atoms with Crippen molar-refractivity contribution in [1.82, 2.24) is 4.90 Å². The minimum Gasteiger partial charge on any atom is -0.372 e. The maximum Gasteiger partial charge on any atom is 0.173 e. The molecule has 4 heteroatoms. The van der Waals surface area contributed by atoms with Gasteiger partial charge in [0.1, 0.15) is 0 Å². The van der Waals surface area contributed by atoms with Crippen LogP contribution in [0.2, 0.25) is 0 Å². The van der Waals surface area contributed by atoms with E-state index < -0.39 is 0 Å². The monoisotopic (exact) mass is 353 g/mol. The van der Waals surface area contributed by atoms with Crippen molar-refractivity contribution < 1.29 is 0 Å². The summed E-state index contributed by atoms with van der Waals surface area (Å²) in [5.41, 5.74) is 4.89. The van der Waals surface area contributed by atoms with Gasteiger partial charge in [0.15, 0.2) is 5.11 Å². The molecule has 1 heterocycles. The maximum atomic E-state index is 5.53. The molecule has 0 spiro atoms. The molecule has 1 N–H and O–H groups in total. The first-order valence-electron chi connectivity index (χ1n) is 9.04. The minimum absolute atomic E-state index is 0.740. The van der Waals surface area contributed by atoms with E-state index in [9.17, 15) is 0 Å². The van der Waals surface area contributed by atoms with Crippen LogP contribution in [0, 0.1) is 6.92 Å². The van der Waals surface area contributed by atoms with E-state index in [0.29, 0.717) is 0 Å². The molecular weight excluding hydrogens is 326 g/mol. The number of thiocarbonyl (C=S) groups is 1. The van der Waals surface area contributed by atoms with Crippen molar-refractivity contribution in [2.24, 2.45) is 0 Å². The Morgan fingerprint density at radius 1 is 1.00 bits per heavy atom. The lowest BCUT2D eigenvalue weighted by Crippen LogP contribution is -2.31. The van der Waals surface area contributed by atoms with E-state index in [2.05, 4.69) is 70.6 Å². The van der Waals surface area contributed by atoms with Crippen molar-refractivity contribution in [1.29, 1.82) is 0 Å². The molecule has 0 atom stereocenters. The summed E-state index contributed by atoms with van der Waals surface area (Å²) in [6.07, 6.45) is 3.98. The quantitative estimate of drug-likeness (QED) is 0.795. The maximum absolute atomic E-state index is 5.53. The highest BCUT2D eigenvalue weighted by molar-refractivity contribution is 7.80. The van der Waals surface area contributed by atoms with Crippen LogP contribution in [0.1, 0.15) is 30.4 Å². The molecule has 1 fully saturated rings. The van der Waals surface area contributed by atoms with Gasteiger partial charge in [0.05, 0.1) is 0 Å². The number of piperidine rings is 1. The van der Waals surface area contributed by atoms with Crippen LogP contribution in [0.4, 0.5) is 11.4 Å². The van der Waals surface area contributed by atoms with Crippen molar-refractivity contribution in [2.75, 3.05) is 30.4 Å². The molecule has 0 amide bonds. The van der Waals surface area contributed by atoms with Crippen molar-refractivity contribution >= 4 is 28.7 Å². The summed E-state index contributed by atoms with van der Waals surface area (Å²) in [5.74, 6) is 0. The molecule has 1 saturated heterocycles. The highest BCUT2D eigenvalue weighted by Gasteiger charge is 2.11. The first kappa shape index (κ1) is 17.7. The molecular formula is C21H27N3S. The molecule has 0 bridgehead atoms. The molecule has 0 aliphatic carbocycles. The van der Waals surface area contributed by atoms with Crippen molar-refractivity contribution in [3.05, 3.63) is 59.7 Å². The summed E-state index contributed by atoms with van der Waals surface area (Å²) in [4.78, 5) is 4.56. The van der Waals surface area contributed by atoms with E-state index >= 15 is 0 Å². The zero-order valence-electron chi connectivity index (χ0n) is 15.2. The molecule has 0 aromatic heterocycles. The fourth-order valence-corrected chi connectivity index (χ4v) is 3.35. The molecule has 2 aromatic carbocycles. The Morgan fingerprint density at radius 3 is 2.28 bits per heavy atom. The van der Waals surface area contributed by atoms with E-state index in [0.717, 1.165) is 17.3 Å². The standard InChI is InChI=1S/C21H27N3S/c1-17-6-10-19(11-7-17)22-21(25)23(2)16-18-8-12-20(13-9-18)24-14-4-3-5-15-24/h6-13H,3-5,14-16H2,1-2H3,(H,22,25). The van der Waals surface area contributed by atoms with E-state index in [1.807, 2.05) is 7.05 Å². The largest absolute Gasteiger partial charge is 0.372 e. The highest BCUT2D eigenvalue weighted by Crippen LogP contribution is 2.20. The third-order valence-electron chi connectivity index (χ3n) is 4.73. The zero-order valence-corrected chi connectivity index (χ0v) is 16.0. The van der Waals surface area contributed by atoms with Gasteiger partial charge in [-0.2, -0.15) is 0 Å². The van der Waals surface area contributed by atoms with Crippen molar-refractivity contribution in [3.63, 3.8) is 0 Å². The van der Waals surface area contributed by atoms with Crippen molar-refractivity contribution in [3.8, 4) is 0 Å². The molecule has 1 aliphatic heterocycles. The van der Waals surface area contributed by atoms with Crippen LogP contribution in [-0.2, 0) is 6.54 Å². The van der Waals surface area contributed by atoms with Gasteiger partial charge < -0.3 is 15.1 Å². The van der Waals surface area contributed by atoms with Gasteiger partial charge in [0, 0.05) is 38.1 Å². The van der Waals surface area contributed by atoms with E-state index in [1.54, 1.807) is 0 Å². The Labute approximate surface area is 156 Å². The topological polar surface area (TPSA) is 18.5 Å². The van der Waals surface area contributed by atoms with Gasteiger partial charge >= 0.3 is 0 Å². The van der Waals surface area contributed by atoms with Crippen LogP contribution >= 0.6 is 12.2 Å². The third kappa shape index (κ3) is 4.95. The third-order valence-corrected chi connectivity index (χ3v) is 5.14. The second-order valence-corrected chi connectivity index (χ2v) is 7.25. The average molecular weight is 354 g/mol. The molecule has 1 aliphatic rings. The highest BCUT2D eigenvalue weighted by atomic mass is 32.1. The molecule has 0 unspecified atom stereocenters. The van der Waals surface area contributed by atoms with Gasteiger partial charge in [0.2, 0.25) is 0 Å². The number of nitrogens with zero attached hydrogens (tertiary/aromatic N) is 2. The van der Waals surface area contributed by atoms with Crippen LogP contribution in [0.15, 0.2) is 48.5 Å². The normalized spacial score (nSPS) is 14.2. The minimum atomic E-state index is 0.740. The smallest absolute Gasteiger partial charge is 0.173 e. The molecule has 132 valence electrons. The Kier molecular flexibility index (Phi) is 5.92. The predicted molar refractivity (Wildman–Crippen MR) is 111 cm³/mol. The fraction of sp³-hybridized carbons (Fsp3) is 0.381. The van der Waals surface area contributed by atoms with E-state index in [1.165, 1.54) is 49.2 Å². The number of anilines is 2. The van der Waals surface area contributed by atoms with Gasteiger partial charge in [-0.05, 0) is 68.2 Å². The van der Waals surface area contributed by atoms with Crippen LogP contribution in [0.5, 0.6) is 0 Å². The first-order chi connectivity index (χ1) is 12.1. The van der Waals surface area contributed by atoms with Gasteiger partial charge in [0.25, 0.3) is 0 Å². The molecule has 0 saturated carbocycles. The molecule has 3 rings (SSSR count). The number of hydrogen-bond acceptors (Lipinski definition) is 2. The zero-order chi connectivity index (χ0) is 17.6. The lowest BCUT2D eigenvalue weighted by atomic mass is 10.1. The lowest BCUT2D eigenvalue weighted by Gasteiger charge is -2.29.